The molecule has 0 atom stereocenters. The number of allylic oxidation sites excluding steroid dienone is 3. The van der Waals surface area contributed by atoms with E-state index in [0.717, 1.165) is 51.4 Å². The molecular weight excluding hydrogens is 266 g/mol. The molecule has 4 heteroatoms. The summed E-state index contributed by atoms with van der Waals surface area (Å²) < 4.78 is 5.12. The van der Waals surface area contributed by atoms with Gasteiger partial charge in [0.1, 0.15) is 0 Å². The van der Waals surface area contributed by atoms with Gasteiger partial charge in [-0.15, -0.1) is 6.58 Å². The van der Waals surface area contributed by atoms with E-state index in [9.17, 15) is 9.90 Å². The molecule has 0 heterocycles. The maximum Gasteiger partial charge on any atom is 0.407 e. The van der Waals surface area contributed by atoms with Crippen LogP contribution < -0.4 is 5.32 Å². The Balaban J connectivity index is 2.20. The van der Waals surface area contributed by atoms with Crippen molar-refractivity contribution in [2.24, 2.45) is 5.92 Å². The first kappa shape index (κ1) is 17.6. The second kappa shape index (κ2) is 10.3. The van der Waals surface area contributed by atoms with E-state index in [1.165, 1.54) is 0 Å². The third kappa shape index (κ3) is 7.21. The van der Waals surface area contributed by atoms with Crippen molar-refractivity contribution < 1.29 is 14.6 Å². The van der Waals surface area contributed by atoms with Crippen LogP contribution in [0, 0.1) is 5.92 Å². The van der Waals surface area contributed by atoms with E-state index in [4.69, 9.17) is 4.74 Å². The van der Waals surface area contributed by atoms with Crippen LogP contribution in [0.4, 0.5) is 4.79 Å². The molecule has 1 fully saturated rings. The average molecular weight is 295 g/mol. The van der Waals surface area contributed by atoms with Crippen LogP contribution >= 0.6 is 0 Å². The topological polar surface area (TPSA) is 58.6 Å². The highest BCUT2D eigenvalue weighted by Crippen LogP contribution is 2.29. The summed E-state index contributed by atoms with van der Waals surface area (Å²) in [7, 11) is 0. The lowest BCUT2D eigenvalue weighted by molar-refractivity contribution is 0.136. The number of hydrogen-bond donors (Lipinski definition) is 2. The van der Waals surface area contributed by atoms with Crippen molar-refractivity contribution in [2.75, 3.05) is 6.61 Å². The Morgan fingerprint density at radius 2 is 2.05 bits per heavy atom. The van der Waals surface area contributed by atoms with Crippen LogP contribution in [0.5, 0.6) is 0 Å². The van der Waals surface area contributed by atoms with E-state index >= 15 is 0 Å². The number of aliphatic hydroxyl groups is 1. The Hall–Kier alpha value is -1.45. The van der Waals surface area contributed by atoms with Gasteiger partial charge < -0.3 is 15.2 Å². The van der Waals surface area contributed by atoms with Gasteiger partial charge in [-0.1, -0.05) is 19.4 Å². The van der Waals surface area contributed by atoms with Gasteiger partial charge in [0.2, 0.25) is 0 Å². The molecule has 120 valence electrons. The molecule has 0 radical (unpaired) electrons. The number of rotatable bonds is 8. The van der Waals surface area contributed by atoms with Crippen LogP contribution in [0.3, 0.4) is 0 Å². The normalized spacial score (nSPS) is 22.6. The van der Waals surface area contributed by atoms with E-state index in [2.05, 4.69) is 18.8 Å². The van der Waals surface area contributed by atoms with Gasteiger partial charge in [-0.05, 0) is 51.0 Å². The minimum absolute atomic E-state index is 0.173. The van der Waals surface area contributed by atoms with Crippen molar-refractivity contribution in [2.45, 2.75) is 64.3 Å². The van der Waals surface area contributed by atoms with Crippen LogP contribution in [0.25, 0.3) is 0 Å². The lowest BCUT2D eigenvalue weighted by Crippen LogP contribution is -2.38. The molecule has 0 aromatic rings. The minimum atomic E-state index is -0.326. The van der Waals surface area contributed by atoms with Gasteiger partial charge in [-0.25, -0.2) is 4.79 Å². The summed E-state index contributed by atoms with van der Waals surface area (Å²) >= 11 is 0. The van der Waals surface area contributed by atoms with Gasteiger partial charge in [0.05, 0.1) is 12.4 Å². The van der Waals surface area contributed by atoms with Gasteiger partial charge in [0, 0.05) is 12.0 Å². The number of alkyl carbamates (subject to hydrolysis) is 1. The fourth-order valence-corrected chi connectivity index (χ4v) is 2.59. The summed E-state index contributed by atoms with van der Waals surface area (Å²) in [6.45, 7) is 6.17. The molecular formula is C17H29NO3. The molecule has 1 aliphatic carbocycles. The molecule has 0 aliphatic heterocycles. The molecule has 0 aromatic carbocycles. The number of amides is 1. The monoisotopic (exact) mass is 295 g/mol. The maximum absolute atomic E-state index is 11.6. The lowest BCUT2D eigenvalue weighted by atomic mass is 9.84. The second-order valence-electron chi connectivity index (χ2n) is 5.68. The Morgan fingerprint density at radius 1 is 1.33 bits per heavy atom. The highest BCUT2D eigenvalue weighted by atomic mass is 16.5. The minimum Gasteiger partial charge on any atom is -0.512 e. The molecule has 0 saturated heterocycles. The van der Waals surface area contributed by atoms with E-state index in [1.807, 2.05) is 12.2 Å². The number of hydrogen-bond acceptors (Lipinski definition) is 3. The molecule has 1 rings (SSSR count). The van der Waals surface area contributed by atoms with Crippen LogP contribution in [-0.2, 0) is 4.74 Å². The zero-order chi connectivity index (χ0) is 15.5. The van der Waals surface area contributed by atoms with E-state index in [0.29, 0.717) is 12.4 Å². The molecule has 4 nitrogen and oxygen atoms in total. The van der Waals surface area contributed by atoms with Crippen LogP contribution in [0.15, 0.2) is 24.5 Å². The average Bonchev–Trinajstić information content (AvgIpc) is 2.50. The number of carbonyl (C=O) groups is 1. The van der Waals surface area contributed by atoms with Gasteiger partial charge in [0.25, 0.3) is 0 Å². The van der Waals surface area contributed by atoms with E-state index in [1.54, 1.807) is 0 Å². The molecule has 1 amide bonds. The van der Waals surface area contributed by atoms with Crippen molar-refractivity contribution in [3.05, 3.63) is 24.5 Å². The standard InChI is InChI=1S/C17H29NO3/c1-3-5-7-13-21-17(20)18-15-11-9-14(10-12-15)16(19)8-6-4-2/h3,8,14-15,19H,1,4-7,9-13H2,2H3,(H,18,20). The van der Waals surface area contributed by atoms with Crippen LogP contribution in [-0.4, -0.2) is 23.8 Å². The van der Waals surface area contributed by atoms with Gasteiger partial charge in [-0.2, -0.15) is 0 Å². The highest BCUT2D eigenvalue weighted by molar-refractivity contribution is 5.67. The first-order valence-electron chi connectivity index (χ1n) is 8.10. The summed E-state index contributed by atoms with van der Waals surface area (Å²) in [5, 5.41) is 12.9. The summed E-state index contributed by atoms with van der Waals surface area (Å²) in [4.78, 5) is 11.6. The smallest absolute Gasteiger partial charge is 0.407 e. The van der Waals surface area contributed by atoms with E-state index < -0.39 is 0 Å². The lowest BCUT2D eigenvalue weighted by Gasteiger charge is -2.28. The van der Waals surface area contributed by atoms with Crippen molar-refractivity contribution in [1.82, 2.24) is 5.32 Å². The number of nitrogens with one attached hydrogen (secondary N) is 1. The van der Waals surface area contributed by atoms with Gasteiger partial charge >= 0.3 is 6.09 Å². The summed E-state index contributed by atoms with van der Waals surface area (Å²) in [6, 6.07) is 0.173. The Labute approximate surface area is 128 Å². The van der Waals surface area contributed by atoms with Crippen molar-refractivity contribution in [3.8, 4) is 0 Å². The predicted molar refractivity (Wildman–Crippen MR) is 85.3 cm³/mol. The maximum atomic E-state index is 11.6. The molecule has 21 heavy (non-hydrogen) atoms. The fraction of sp³-hybridized carbons (Fsp3) is 0.706. The molecule has 1 aliphatic rings. The largest absolute Gasteiger partial charge is 0.512 e. The molecule has 2 N–H and O–H groups in total. The number of unbranched alkanes of at least 4 members (excludes halogenated alkanes) is 2. The molecule has 0 aromatic heterocycles. The third-order valence-corrected chi connectivity index (χ3v) is 3.90. The highest BCUT2D eigenvalue weighted by Gasteiger charge is 2.24. The molecule has 1 saturated carbocycles. The SMILES string of the molecule is C=CCCCOC(=O)NC1CCC(C(O)=CCCC)CC1. The number of aliphatic hydroxyl groups excluding tert-OH is 1. The molecule has 0 spiro atoms. The fourth-order valence-electron chi connectivity index (χ4n) is 2.59. The van der Waals surface area contributed by atoms with Crippen LogP contribution in [0.1, 0.15) is 58.3 Å². The van der Waals surface area contributed by atoms with Crippen molar-refractivity contribution >= 4 is 6.09 Å². The number of ether oxygens (including phenoxy) is 1. The Bertz CT molecular complexity index is 344. The van der Waals surface area contributed by atoms with Gasteiger partial charge in [-0.3, -0.25) is 0 Å². The molecule has 0 bridgehead atoms. The summed E-state index contributed by atoms with van der Waals surface area (Å²) in [5.74, 6) is 0.792. The Kier molecular flexibility index (Phi) is 8.63. The van der Waals surface area contributed by atoms with E-state index in [-0.39, 0.29) is 18.1 Å². The predicted octanol–water partition coefficient (Wildman–Crippen LogP) is 4.48. The number of carbonyl (C=O) groups excluding carboxylic acids is 1. The third-order valence-electron chi connectivity index (χ3n) is 3.90. The summed E-state index contributed by atoms with van der Waals surface area (Å²) in [5.41, 5.74) is 0. The summed E-state index contributed by atoms with van der Waals surface area (Å²) in [6.07, 6.45) is 10.7. The van der Waals surface area contributed by atoms with Gasteiger partial charge in [0.15, 0.2) is 0 Å². The first-order chi connectivity index (χ1) is 10.2. The quantitative estimate of drug-likeness (QED) is 0.394. The van der Waals surface area contributed by atoms with Crippen molar-refractivity contribution in [1.29, 1.82) is 0 Å². The zero-order valence-electron chi connectivity index (χ0n) is 13.1. The second-order valence-corrected chi connectivity index (χ2v) is 5.68. The first-order valence-corrected chi connectivity index (χ1v) is 8.10. The van der Waals surface area contributed by atoms with Crippen molar-refractivity contribution in [3.63, 3.8) is 0 Å². The zero-order valence-corrected chi connectivity index (χ0v) is 13.1. The Morgan fingerprint density at radius 3 is 2.67 bits per heavy atom. The molecule has 0 unspecified atom stereocenters. The van der Waals surface area contributed by atoms with Crippen LogP contribution in [0.2, 0.25) is 0 Å².